The molecule has 0 aliphatic rings. The molecule has 1 aromatic rings. The minimum absolute atomic E-state index is 0.0121. The summed E-state index contributed by atoms with van der Waals surface area (Å²) in [5.74, 6) is 0.183. The molecule has 0 saturated carbocycles. The first-order chi connectivity index (χ1) is 12.6. The first-order valence-electron chi connectivity index (χ1n) is 8.38. The van der Waals surface area contributed by atoms with Crippen LogP contribution in [-0.2, 0) is 9.47 Å². The van der Waals surface area contributed by atoms with E-state index in [1.807, 2.05) is 26.0 Å². The van der Waals surface area contributed by atoms with Gasteiger partial charge in [-0.2, -0.15) is 10.5 Å². The second-order valence-corrected chi connectivity index (χ2v) is 5.81. The van der Waals surface area contributed by atoms with Gasteiger partial charge in [0.1, 0.15) is 33.3 Å². The Morgan fingerprint density at radius 1 is 0.731 bits per heavy atom. The summed E-state index contributed by atoms with van der Waals surface area (Å²) in [7, 11) is 0. The molecule has 0 bridgehead atoms. The molecule has 1 aromatic carbocycles. The van der Waals surface area contributed by atoms with Crippen LogP contribution in [0.15, 0.2) is 0 Å². The van der Waals surface area contributed by atoms with Crippen molar-refractivity contribution in [3.05, 3.63) is 21.2 Å². The number of benzene rings is 1. The second kappa shape index (κ2) is 12.6. The normalized spacial score (nSPS) is 10.2. The highest BCUT2D eigenvalue weighted by Gasteiger charge is 2.25. The molecule has 8 heteroatoms. The Kier molecular flexibility index (Phi) is 10.8. The zero-order valence-electron chi connectivity index (χ0n) is 14.9. The molecule has 0 N–H and O–H groups in total. The van der Waals surface area contributed by atoms with Crippen molar-refractivity contribution in [2.45, 2.75) is 26.7 Å². The molecule has 26 heavy (non-hydrogen) atoms. The van der Waals surface area contributed by atoms with Crippen LogP contribution in [0.2, 0.25) is 10.0 Å². The summed E-state index contributed by atoms with van der Waals surface area (Å²) in [4.78, 5) is 0. The number of halogens is 2. The molecule has 0 spiro atoms. The zero-order chi connectivity index (χ0) is 19.4. The quantitative estimate of drug-likeness (QED) is 0.484. The number of hydrogen-bond acceptors (Lipinski definition) is 6. The van der Waals surface area contributed by atoms with Crippen molar-refractivity contribution in [3.8, 4) is 23.6 Å². The molecule has 0 heterocycles. The maximum atomic E-state index is 9.47. The maximum absolute atomic E-state index is 9.47. The van der Waals surface area contributed by atoms with E-state index in [1.165, 1.54) is 0 Å². The monoisotopic (exact) mass is 400 g/mol. The first kappa shape index (κ1) is 22.3. The predicted molar refractivity (Wildman–Crippen MR) is 99.1 cm³/mol. The third kappa shape index (κ3) is 6.23. The van der Waals surface area contributed by atoms with Crippen molar-refractivity contribution in [1.82, 2.24) is 0 Å². The Hall–Kier alpha value is -1.70. The number of nitriles is 2. The molecule has 0 aliphatic heterocycles. The van der Waals surface area contributed by atoms with Crippen LogP contribution in [0, 0.1) is 22.7 Å². The second-order valence-electron chi connectivity index (χ2n) is 5.06. The van der Waals surface area contributed by atoms with Crippen molar-refractivity contribution in [1.29, 1.82) is 10.5 Å². The number of ether oxygens (including phenoxy) is 4. The maximum Gasteiger partial charge on any atom is 0.158 e. The van der Waals surface area contributed by atoms with E-state index >= 15 is 0 Å². The van der Waals surface area contributed by atoms with E-state index in [4.69, 9.17) is 42.1 Å². The minimum Gasteiger partial charge on any atom is -0.490 e. The van der Waals surface area contributed by atoms with Crippen LogP contribution in [0.3, 0.4) is 0 Å². The Bertz CT molecular complexity index is 612. The summed E-state index contributed by atoms with van der Waals surface area (Å²) in [5, 5.41) is 19.0. The number of nitrogens with zero attached hydrogens (tertiary/aromatic N) is 2. The smallest absolute Gasteiger partial charge is 0.158 e. The topological polar surface area (TPSA) is 84.5 Å². The highest BCUT2D eigenvalue weighted by Crippen LogP contribution is 2.44. The fraction of sp³-hybridized carbons (Fsp3) is 0.556. The van der Waals surface area contributed by atoms with E-state index in [0.717, 1.165) is 0 Å². The van der Waals surface area contributed by atoms with Crippen LogP contribution in [0.5, 0.6) is 11.5 Å². The van der Waals surface area contributed by atoms with Gasteiger partial charge in [-0.25, -0.2) is 0 Å². The van der Waals surface area contributed by atoms with Gasteiger partial charge in [-0.15, -0.1) is 0 Å². The van der Waals surface area contributed by atoms with Crippen molar-refractivity contribution in [3.63, 3.8) is 0 Å². The molecule has 1 rings (SSSR count). The van der Waals surface area contributed by atoms with Crippen LogP contribution < -0.4 is 9.47 Å². The van der Waals surface area contributed by atoms with Gasteiger partial charge in [-0.3, -0.25) is 0 Å². The lowest BCUT2D eigenvalue weighted by Gasteiger charge is -2.16. The highest BCUT2D eigenvalue weighted by atomic mass is 35.5. The van der Waals surface area contributed by atoms with Crippen LogP contribution in [0.4, 0.5) is 0 Å². The Labute approximate surface area is 164 Å². The van der Waals surface area contributed by atoms with E-state index in [2.05, 4.69) is 0 Å². The summed E-state index contributed by atoms with van der Waals surface area (Å²) in [5.41, 5.74) is 0.0243. The largest absolute Gasteiger partial charge is 0.490 e. The van der Waals surface area contributed by atoms with Gasteiger partial charge in [-0.05, 0) is 13.8 Å². The third-order valence-corrected chi connectivity index (χ3v) is 4.10. The summed E-state index contributed by atoms with van der Waals surface area (Å²) in [6.45, 7) is 6.64. The van der Waals surface area contributed by atoms with Gasteiger partial charge >= 0.3 is 0 Å². The van der Waals surface area contributed by atoms with E-state index in [1.54, 1.807) is 0 Å². The summed E-state index contributed by atoms with van der Waals surface area (Å²) in [6, 6.07) is 3.92. The molecule has 0 atom stereocenters. The van der Waals surface area contributed by atoms with E-state index in [9.17, 15) is 10.5 Å². The SMILES string of the molecule is CCOCCCOc1c(Cl)c(Cl)c(OCCCOCC)c(C#N)c1C#N. The molecule has 6 nitrogen and oxygen atoms in total. The molecule has 0 amide bonds. The fourth-order valence-electron chi connectivity index (χ4n) is 2.09. The summed E-state index contributed by atoms with van der Waals surface area (Å²) < 4.78 is 21.7. The lowest BCUT2D eigenvalue weighted by molar-refractivity contribution is 0.130. The number of hydrogen-bond donors (Lipinski definition) is 0. The van der Waals surface area contributed by atoms with Gasteiger partial charge in [-0.1, -0.05) is 23.2 Å². The van der Waals surface area contributed by atoms with E-state index in [-0.39, 0.29) is 45.9 Å². The summed E-state index contributed by atoms with van der Waals surface area (Å²) in [6.07, 6.45) is 1.23. The van der Waals surface area contributed by atoms with Crippen LogP contribution in [0.25, 0.3) is 0 Å². The van der Waals surface area contributed by atoms with Crippen molar-refractivity contribution >= 4 is 23.2 Å². The average Bonchev–Trinajstić information content (AvgIpc) is 2.65. The first-order valence-corrected chi connectivity index (χ1v) is 9.14. The van der Waals surface area contributed by atoms with Gasteiger partial charge in [0.2, 0.25) is 0 Å². The minimum atomic E-state index is 0.0121. The molecular formula is C18H22Cl2N2O4. The molecule has 0 saturated heterocycles. The zero-order valence-corrected chi connectivity index (χ0v) is 16.5. The van der Waals surface area contributed by atoms with Crippen molar-refractivity contribution in [2.75, 3.05) is 39.6 Å². The molecule has 0 aromatic heterocycles. The Balaban J connectivity index is 2.99. The van der Waals surface area contributed by atoms with Crippen LogP contribution in [0.1, 0.15) is 37.8 Å². The molecular weight excluding hydrogens is 379 g/mol. The predicted octanol–water partition coefficient (Wildman–Crippen LogP) is 4.35. The third-order valence-electron chi connectivity index (χ3n) is 3.29. The Morgan fingerprint density at radius 2 is 1.12 bits per heavy atom. The van der Waals surface area contributed by atoms with Gasteiger partial charge in [0.15, 0.2) is 11.5 Å². The highest BCUT2D eigenvalue weighted by molar-refractivity contribution is 6.44. The fourth-order valence-corrected chi connectivity index (χ4v) is 2.56. The average molecular weight is 401 g/mol. The summed E-state index contributed by atoms with van der Waals surface area (Å²) >= 11 is 12.5. The van der Waals surface area contributed by atoms with Gasteiger partial charge in [0.05, 0.1) is 13.2 Å². The van der Waals surface area contributed by atoms with Gasteiger partial charge < -0.3 is 18.9 Å². The van der Waals surface area contributed by atoms with Crippen LogP contribution in [-0.4, -0.2) is 39.6 Å². The van der Waals surface area contributed by atoms with E-state index in [0.29, 0.717) is 39.3 Å². The molecule has 0 unspecified atom stereocenters. The lowest BCUT2D eigenvalue weighted by atomic mass is 10.1. The number of rotatable bonds is 12. The molecule has 0 fully saturated rings. The van der Waals surface area contributed by atoms with Crippen molar-refractivity contribution < 1.29 is 18.9 Å². The molecule has 0 aliphatic carbocycles. The van der Waals surface area contributed by atoms with E-state index < -0.39 is 0 Å². The van der Waals surface area contributed by atoms with Crippen molar-refractivity contribution in [2.24, 2.45) is 0 Å². The lowest BCUT2D eigenvalue weighted by Crippen LogP contribution is -2.08. The van der Waals surface area contributed by atoms with Gasteiger partial charge in [0, 0.05) is 39.3 Å². The van der Waals surface area contributed by atoms with Crippen LogP contribution >= 0.6 is 23.2 Å². The van der Waals surface area contributed by atoms with Gasteiger partial charge in [0.25, 0.3) is 0 Å². The molecule has 0 radical (unpaired) electrons. The molecule has 142 valence electrons. The Morgan fingerprint density at radius 3 is 1.42 bits per heavy atom. The standard InChI is InChI=1S/C18H22Cl2N2O4/c1-3-23-7-5-9-25-17-13(11-21)14(12-22)18(16(20)15(17)19)26-10-6-8-24-4-2/h3-10H2,1-2H3.